The largest absolute Gasteiger partial charge is 0.680 e. The molecule has 6 bridgehead atoms. The van der Waals surface area contributed by atoms with Gasteiger partial charge in [0.1, 0.15) is 0 Å². The molecule has 1 aromatic heterocycles. The Labute approximate surface area is 250 Å². The molecule has 1 fully saturated rings. The second-order valence-corrected chi connectivity index (χ2v) is 11.4. The first-order valence-corrected chi connectivity index (χ1v) is 14.6. The second-order valence-electron chi connectivity index (χ2n) is 11.4. The minimum atomic E-state index is 0. The molecule has 0 N–H and O–H groups in total. The summed E-state index contributed by atoms with van der Waals surface area (Å²) < 4.78 is 0. The molecule has 0 aromatic carbocycles. The summed E-state index contributed by atoms with van der Waals surface area (Å²) in [5.41, 5.74) is 3.41. The number of fused-ring (bicyclic) bond motifs is 6. The summed E-state index contributed by atoms with van der Waals surface area (Å²) in [6.45, 7) is 5.55. The number of aromatic nitrogens is 1. The average Bonchev–Trinajstić information content (AvgIpc) is 2.84. The Hall–Kier alpha value is -1.63. The van der Waals surface area contributed by atoms with Crippen molar-refractivity contribution in [2.24, 2.45) is 0 Å². The molecule has 217 valence electrons. The van der Waals surface area contributed by atoms with Crippen molar-refractivity contribution in [3.05, 3.63) is 88.4 Å². The summed E-state index contributed by atoms with van der Waals surface area (Å²) in [7, 11) is 6.57. The van der Waals surface area contributed by atoms with E-state index in [-0.39, 0.29) is 25.5 Å². The van der Waals surface area contributed by atoms with E-state index >= 15 is 0 Å². The van der Waals surface area contributed by atoms with Crippen LogP contribution in [0.2, 0.25) is 0 Å². The van der Waals surface area contributed by atoms with Gasteiger partial charge in [0.05, 0.1) is 11.4 Å². The molecular formula is C32H48N6Rh-2. The third kappa shape index (κ3) is 11.8. The molecule has 39 heavy (non-hydrogen) atoms. The van der Waals surface area contributed by atoms with Crippen LogP contribution in [0, 0.1) is 0 Å². The molecule has 0 amide bonds. The van der Waals surface area contributed by atoms with Crippen molar-refractivity contribution in [2.45, 2.75) is 76.2 Å². The smallest absolute Gasteiger partial charge is 0.0547 e. The van der Waals surface area contributed by atoms with Gasteiger partial charge in [-0.3, -0.25) is 9.88 Å². The minimum absolute atomic E-state index is 0. The van der Waals surface area contributed by atoms with Gasteiger partial charge >= 0.3 is 0 Å². The summed E-state index contributed by atoms with van der Waals surface area (Å²) >= 11 is 0. The van der Waals surface area contributed by atoms with E-state index in [1.165, 1.54) is 44.9 Å². The molecule has 4 heterocycles. The van der Waals surface area contributed by atoms with Gasteiger partial charge < -0.3 is 20.4 Å². The normalized spacial score (nSPS) is 27.3. The van der Waals surface area contributed by atoms with Gasteiger partial charge in [-0.15, -0.1) is 17.8 Å². The summed E-state index contributed by atoms with van der Waals surface area (Å²) in [4.78, 5) is 12.0. The SMILES string of the molecule is C1=CCCC=CCC1.CN1CC2=CC=CC(CN(C)CC3CCCC(CN(C)Cc4cccc(n4)C1)[N-]3)[N-]2.[Rh]. The predicted octanol–water partition coefficient (Wildman–Crippen LogP) is 6.05. The second kappa shape index (κ2) is 17.2. The maximum absolute atomic E-state index is 5.20. The van der Waals surface area contributed by atoms with E-state index in [9.17, 15) is 0 Å². The Balaban J connectivity index is 0.000000402. The Bertz CT molecular complexity index is 947. The number of hydrogen-bond donors (Lipinski definition) is 0. The quantitative estimate of drug-likeness (QED) is 0.262. The Kier molecular flexibility index (Phi) is 14.1. The molecule has 0 saturated carbocycles. The number of nitrogens with zero attached hydrogens (tertiary/aromatic N) is 6. The molecule has 1 radical (unpaired) electrons. The Morgan fingerprint density at radius 1 is 0.744 bits per heavy atom. The molecule has 4 aliphatic rings. The van der Waals surface area contributed by atoms with Gasteiger partial charge in [-0.25, -0.2) is 0 Å². The van der Waals surface area contributed by atoms with Crippen molar-refractivity contribution in [2.75, 3.05) is 47.3 Å². The predicted molar refractivity (Wildman–Crippen MR) is 160 cm³/mol. The Morgan fingerprint density at radius 3 is 1.97 bits per heavy atom. The van der Waals surface area contributed by atoms with Gasteiger partial charge in [-0.1, -0.05) is 73.9 Å². The van der Waals surface area contributed by atoms with Crippen LogP contribution < -0.4 is 0 Å². The van der Waals surface area contributed by atoms with Crippen molar-refractivity contribution < 1.29 is 19.5 Å². The maximum atomic E-state index is 5.20. The van der Waals surface area contributed by atoms with Crippen LogP contribution in [0.15, 0.2) is 66.4 Å². The molecule has 3 unspecified atom stereocenters. The molecule has 1 saturated heterocycles. The van der Waals surface area contributed by atoms with Crippen LogP contribution in [-0.2, 0) is 32.6 Å². The maximum Gasteiger partial charge on any atom is 0.0547 e. The van der Waals surface area contributed by atoms with E-state index < -0.39 is 0 Å². The van der Waals surface area contributed by atoms with Gasteiger partial charge in [-0.2, -0.15) is 0 Å². The van der Waals surface area contributed by atoms with E-state index in [4.69, 9.17) is 15.6 Å². The van der Waals surface area contributed by atoms with Crippen LogP contribution in [0.5, 0.6) is 0 Å². The van der Waals surface area contributed by atoms with E-state index in [0.717, 1.165) is 56.4 Å². The monoisotopic (exact) mass is 619 g/mol. The summed E-state index contributed by atoms with van der Waals surface area (Å²) in [5, 5.41) is 10.2. The van der Waals surface area contributed by atoms with E-state index in [0.29, 0.717) is 12.1 Å². The van der Waals surface area contributed by atoms with E-state index in [1.807, 2.05) is 0 Å². The van der Waals surface area contributed by atoms with Gasteiger partial charge in [0.25, 0.3) is 0 Å². The molecule has 5 rings (SSSR count). The van der Waals surface area contributed by atoms with Gasteiger partial charge in [0.15, 0.2) is 0 Å². The summed E-state index contributed by atoms with van der Waals surface area (Å²) in [5.74, 6) is 0. The van der Waals surface area contributed by atoms with Crippen molar-refractivity contribution in [3.8, 4) is 0 Å². The van der Waals surface area contributed by atoms with E-state index in [1.54, 1.807) is 0 Å². The number of hydrogen-bond acceptors (Lipinski definition) is 4. The Morgan fingerprint density at radius 2 is 1.33 bits per heavy atom. The summed E-state index contributed by atoms with van der Waals surface area (Å²) in [6.07, 6.45) is 24.2. The minimum Gasteiger partial charge on any atom is -0.680 e. The van der Waals surface area contributed by atoms with Crippen LogP contribution in [0.1, 0.15) is 56.3 Å². The molecule has 0 spiro atoms. The number of likely N-dealkylation sites (N-methyl/N-ethyl adjacent to an activating group) is 3. The van der Waals surface area contributed by atoms with Gasteiger partial charge in [0.2, 0.25) is 0 Å². The number of allylic oxidation sites excluding steroid dienone is 6. The zero-order chi connectivity index (χ0) is 26.6. The van der Waals surface area contributed by atoms with Crippen LogP contribution in [0.3, 0.4) is 0 Å². The molecule has 1 aliphatic carbocycles. The summed E-state index contributed by atoms with van der Waals surface area (Å²) in [6, 6.07) is 7.51. The topological polar surface area (TPSA) is 50.8 Å². The van der Waals surface area contributed by atoms with Crippen molar-refractivity contribution in [1.29, 1.82) is 0 Å². The third-order valence-electron chi connectivity index (χ3n) is 7.49. The van der Waals surface area contributed by atoms with Crippen LogP contribution in [-0.4, -0.2) is 85.1 Å². The average molecular weight is 620 g/mol. The first kappa shape index (κ1) is 31.9. The fourth-order valence-corrected chi connectivity index (χ4v) is 5.73. The first-order valence-electron chi connectivity index (χ1n) is 14.6. The van der Waals surface area contributed by atoms with E-state index in [2.05, 4.69) is 96.6 Å². The van der Waals surface area contributed by atoms with Gasteiger partial charge in [-0.05, 0) is 78.6 Å². The zero-order valence-electron chi connectivity index (χ0n) is 24.2. The standard InChI is InChI=1S/C24H36N6.C8H12.Rh/c1-28-13-19-7-4-9-21(25-19)15-29(2)17-23-11-6-12-24(27-23)18-30(3)16-22-10-5-8-20(14-28)26-22;1-2-4-6-8-7-5-3-1;/h4-5,7-10,21,23-24H,6,11-18H2,1-3H3;1-2,7-8H,3-6H2;/q-2;;. The fraction of sp³-hybridized carbons (Fsp3) is 0.594. The van der Waals surface area contributed by atoms with Gasteiger partial charge in [0, 0.05) is 39.1 Å². The zero-order valence-corrected chi connectivity index (χ0v) is 25.9. The van der Waals surface area contributed by atoms with Crippen molar-refractivity contribution in [3.63, 3.8) is 0 Å². The van der Waals surface area contributed by atoms with Crippen LogP contribution in [0.4, 0.5) is 0 Å². The third-order valence-corrected chi connectivity index (χ3v) is 7.49. The van der Waals surface area contributed by atoms with Crippen LogP contribution in [0.25, 0.3) is 10.6 Å². The first-order chi connectivity index (χ1) is 18.5. The molecule has 1 aromatic rings. The molecule has 3 aliphatic heterocycles. The number of piperidine rings is 1. The van der Waals surface area contributed by atoms with Crippen molar-refractivity contribution >= 4 is 0 Å². The number of rotatable bonds is 0. The molecular weight excluding hydrogens is 571 g/mol. The molecule has 3 atom stereocenters. The van der Waals surface area contributed by atoms with Crippen molar-refractivity contribution in [1.82, 2.24) is 19.7 Å². The van der Waals surface area contributed by atoms with Crippen LogP contribution >= 0.6 is 0 Å². The molecule has 7 heteroatoms. The fourth-order valence-electron chi connectivity index (χ4n) is 5.73. The molecule has 6 nitrogen and oxygen atoms in total. The number of pyridine rings is 1.